The minimum absolute atomic E-state index is 0.430. The van der Waals surface area contributed by atoms with Crippen LogP contribution in [0.3, 0.4) is 0 Å². The lowest BCUT2D eigenvalue weighted by atomic mass is 10.1. The summed E-state index contributed by atoms with van der Waals surface area (Å²) in [4.78, 5) is 9.71. The third-order valence-corrected chi connectivity index (χ3v) is 5.57. The maximum absolute atomic E-state index is 5.84. The Kier molecular flexibility index (Phi) is 5.18. The summed E-state index contributed by atoms with van der Waals surface area (Å²) in [6.45, 7) is 7.18. The van der Waals surface area contributed by atoms with Gasteiger partial charge in [-0.05, 0) is 24.3 Å². The van der Waals surface area contributed by atoms with Crippen molar-refractivity contribution in [1.29, 1.82) is 0 Å². The molecule has 0 saturated heterocycles. The van der Waals surface area contributed by atoms with Crippen molar-refractivity contribution in [1.82, 2.24) is 4.98 Å². The Hall–Kier alpha value is -0.910. The maximum Gasteiger partial charge on any atom is 0.185 e. The number of likely N-dealkylation sites (N-methyl/N-ethyl adjacent to an activating group) is 1. The van der Waals surface area contributed by atoms with Gasteiger partial charge in [0.05, 0.1) is 5.69 Å². The highest BCUT2D eigenvalue weighted by Crippen LogP contribution is 2.31. The molecule has 0 radical (unpaired) electrons. The predicted molar refractivity (Wildman–Crippen MR) is 90.0 cm³/mol. The molecule has 0 aliphatic carbocycles. The van der Waals surface area contributed by atoms with Gasteiger partial charge in [0.2, 0.25) is 0 Å². The Bertz CT molecular complexity index is 531. The first-order valence-electron chi connectivity index (χ1n) is 6.97. The molecule has 0 aliphatic heterocycles. The summed E-state index contributed by atoms with van der Waals surface area (Å²) in [5.41, 5.74) is 7.00. The molecule has 0 fully saturated rings. The van der Waals surface area contributed by atoms with Crippen LogP contribution in [-0.2, 0) is 13.0 Å². The van der Waals surface area contributed by atoms with Crippen LogP contribution >= 0.6 is 22.7 Å². The van der Waals surface area contributed by atoms with Crippen molar-refractivity contribution in [2.45, 2.75) is 45.7 Å². The van der Waals surface area contributed by atoms with Gasteiger partial charge in [0.1, 0.15) is 0 Å². The predicted octanol–water partition coefficient (Wildman–Crippen LogP) is 3.85. The average Bonchev–Trinajstić information content (AvgIpc) is 3.05. The molecule has 0 aliphatic rings. The van der Waals surface area contributed by atoms with E-state index >= 15 is 0 Å². The molecule has 1 atom stereocenters. The van der Waals surface area contributed by atoms with Gasteiger partial charge in [0, 0.05) is 35.8 Å². The lowest BCUT2D eigenvalue weighted by molar-refractivity contribution is 0.683. The standard InChI is InChI=1S/C15H23N3S2/c1-10(2)14-13(9-16)20-15(17-14)18(4)11(3)8-12-6-5-7-19-12/h5-7,10-11H,8-9,16H2,1-4H3. The first-order chi connectivity index (χ1) is 9.52. The summed E-state index contributed by atoms with van der Waals surface area (Å²) in [5, 5.41) is 3.22. The second kappa shape index (κ2) is 6.70. The fourth-order valence-electron chi connectivity index (χ4n) is 2.14. The van der Waals surface area contributed by atoms with Crippen molar-refractivity contribution in [3.8, 4) is 0 Å². The van der Waals surface area contributed by atoms with E-state index in [-0.39, 0.29) is 0 Å². The Morgan fingerprint density at radius 1 is 1.35 bits per heavy atom. The van der Waals surface area contributed by atoms with E-state index in [2.05, 4.69) is 50.2 Å². The summed E-state index contributed by atoms with van der Waals surface area (Å²) in [6, 6.07) is 4.74. The molecular formula is C15H23N3S2. The Labute approximate surface area is 129 Å². The van der Waals surface area contributed by atoms with Crippen LogP contribution in [0, 0.1) is 0 Å². The number of nitrogens with zero attached hydrogens (tertiary/aromatic N) is 2. The van der Waals surface area contributed by atoms with E-state index in [1.165, 1.54) is 9.75 Å². The molecule has 2 rings (SSSR count). The van der Waals surface area contributed by atoms with Gasteiger partial charge in [0.15, 0.2) is 5.13 Å². The molecular weight excluding hydrogens is 286 g/mol. The number of hydrogen-bond acceptors (Lipinski definition) is 5. The van der Waals surface area contributed by atoms with Gasteiger partial charge < -0.3 is 10.6 Å². The molecule has 5 heteroatoms. The van der Waals surface area contributed by atoms with Crippen LogP contribution in [-0.4, -0.2) is 18.1 Å². The van der Waals surface area contributed by atoms with Crippen molar-refractivity contribution in [3.05, 3.63) is 33.0 Å². The second-order valence-electron chi connectivity index (χ2n) is 5.41. The molecule has 0 aromatic carbocycles. The third kappa shape index (κ3) is 3.40. The molecule has 3 nitrogen and oxygen atoms in total. The first-order valence-corrected chi connectivity index (χ1v) is 8.67. The monoisotopic (exact) mass is 309 g/mol. The number of rotatable bonds is 6. The number of thiophene rings is 1. The van der Waals surface area contributed by atoms with Crippen molar-refractivity contribution in [3.63, 3.8) is 0 Å². The van der Waals surface area contributed by atoms with Gasteiger partial charge >= 0.3 is 0 Å². The Balaban J connectivity index is 2.13. The van der Waals surface area contributed by atoms with Crippen LogP contribution in [0.1, 0.15) is 42.1 Å². The van der Waals surface area contributed by atoms with E-state index in [1.807, 2.05) is 11.3 Å². The Morgan fingerprint density at radius 2 is 2.10 bits per heavy atom. The van der Waals surface area contributed by atoms with Gasteiger partial charge in [-0.1, -0.05) is 19.9 Å². The summed E-state index contributed by atoms with van der Waals surface area (Å²) >= 11 is 3.55. The fraction of sp³-hybridized carbons (Fsp3) is 0.533. The summed E-state index contributed by atoms with van der Waals surface area (Å²) in [5.74, 6) is 0.430. The number of anilines is 1. The molecule has 20 heavy (non-hydrogen) atoms. The second-order valence-corrected chi connectivity index (χ2v) is 7.50. The topological polar surface area (TPSA) is 42.2 Å². The third-order valence-electron chi connectivity index (χ3n) is 3.49. The highest BCUT2D eigenvalue weighted by atomic mass is 32.1. The van der Waals surface area contributed by atoms with Gasteiger partial charge in [-0.2, -0.15) is 0 Å². The largest absolute Gasteiger partial charge is 0.348 e. The van der Waals surface area contributed by atoms with Crippen molar-refractivity contribution < 1.29 is 0 Å². The van der Waals surface area contributed by atoms with E-state index in [4.69, 9.17) is 10.7 Å². The highest BCUT2D eigenvalue weighted by molar-refractivity contribution is 7.15. The SMILES string of the molecule is CC(C)c1nc(N(C)C(C)Cc2cccs2)sc1CN. The average molecular weight is 310 g/mol. The van der Waals surface area contributed by atoms with E-state index in [0.717, 1.165) is 17.2 Å². The fourth-order valence-corrected chi connectivity index (χ4v) is 4.13. The summed E-state index contributed by atoms with van der Waals surface area (Å²) in [7, 11) is 2.13. The number of aromatic nitrogens is 1. The summed E-state index contributed by atoms with van der Waals surface area (Å²) in [6.07, 6.45) is 1.06. The first kappa shape index (κ1) is 15.5. The van der Waals surface area contributed by atoms with Crippen LogP contribution in [0.25, 0.3) is 0 Å². The van der Waals surface area contributed by atoms with E-state index in [9.17, 15) is 0 Å². The van der Waals surface area contributed by atoms with Gasteiger partial charge in [0.25, 0.3) is 0 Å². The van der Waals surface area contributed by atoms with Gasteiger partial charge in [-0.3, -0.25) is 0 Å². The number of hydrogen-bond donors (Lipinski definition) is 1. The van der Waals surface area contributed by atoms with Crippen LogP contribution in [0.4, 0.5) is 5.13 Å². The number of thiazole rings is 1. The zero-order chi connectivity index (χ0) is 14.7. The molecule has 0 spiro atoms. The summed E-state index contributed by atoms with van der Waals surface area (Å²) < 4.78 is 0. The lowest BCUT2D eigenvalue weighted by Gasteiger charge is -2.23. The van der Waals surface area contributed by atoms with Crippen LogP contribution in [0.2, 0.25) is 0 Å². The molecule has 0 amide bonds. The normalized spacial score (nSPS) is 12.9. The minimum Gasteiger partial charge on any atom is -0.348 e. The van der Waals surface area contributed by atoms with Crippen LogP contribution < -0.4 is 10.6 Å². The van der Waals surface area contributed by atoms with Crippen LogP contribution in [0.15, 0.2) is 17.5 Å². The van der Waals surface area contributed by atoms with Crippen molar-refractivity contribution in [2.75, 3.05) is 11.9 Å². The van der Waals surface area contributed by atoms with Gasteiger partial charge in [-0.25, -0.2) is 4.98 Å². The van der Waals surface area contributed by atoms with E-state index < -0.39 is 0 Å². The molecule has 1 unspecified atom stereocenters. The zero-order valence-electron chi connectivity index (χ0n) is 12.6. The molecule has 0 saturated carbocycles. The smallest absolute Gasteiger partial charge is 0.185 e. The molecule has 2 aromatic heterocycles. The van der Waals surface area contributed by atoms with Crippen molar-refractivity contribution in [2.24, 2.45) is 5.73 Å². The van der Waals surface area contributed by atoms with Crippen molar-refractivity contribution >= 4 is 27.8 Å². The quantitative estimate of drug-likeness (QED) is 0.881. The lowest BCUT2D eigenvalue weighted by Crippen LogP contribution is -2.30. The van der Waals surface area contributed by atoms with E-state index in [1.54, 1.807) is 11.3 Å². The molecule has 110 valence electrons. The van der Waals surface area contributed by atoms with Gasteiger partial charge in [-0.15, -0.1) is 22.7 Å². The number of nitrogens with two attached hydrogens (primary N) is 1. The van der Waals surface area contributed by atoms with E-state index in [0.29, 0.717) is 18.5 Å². The Morgan fingerprint density at radius 3 is 2.60 bits per heavy atom. The minimum atomic E-state index is 0.430. The maximum atomic E-state index is 5.84. The van der Waals surface area contributed by atoms with Crippen LogP contribution in [0.5, 0.6) is 0 Å². The molecule has 2 heterocycles. The molecule has 0 bridgehead atoms. The molecule has 2 aromatic rings. The highest BCUT2D eigenvalue weighted by Gasteiger charge is 2.19. The molecule has 2 N–H and O–H groups in total. The zero-order valence-corrected chi connectivity index (χ0v) is 14.2.